The van der Waals surface area contributed by atoms with E-state index < -0.39 is 0 Å². The Bertz CT molecular complexity index is 446. The van der Waals surface area contributed by atoms with Gasteiger partial charge in [0.2, 0.25) is 5.43 Å². The van der Waals surface area contributed by atoms with E-state index in [2.05, 4.69) is 18.7 Å². The lowest BCUT2D eigenvalue weighted by Gasteiger charge is -2.24. The van der Waals surface area contributed by atoms with Gasteiger partial charge in [-0.1, -0.05) is 26.7 Å². The SMILES string of the molecule is CCCCN(CCCC)Cc1cc(=O)c(O)cn1CC. The number of unbranched alkanes of at least 4 members (excludes halogenated alkanes) is 2. The molecule has 20 heavy (non-hydrogen) atoms. The normalized spacial score (nSPS) is 11.2. The van der Waals surface area contributed by atoms with E-state index in [9.17, 15) is 9.90 Å². The molecular formula is C16H28N2O2. The van der Waals surface area contributed by atoms with Crippen LogP contribution in [0.25, 0.3) is 0 Å². The van der Waals surface area contributed by atoms with Gasteiger partial charge in [0.05, 0.1) is 6.20 Å². The van der Waals surface area contributed by atoms with Gasteiger partial charge in [0, 0.05) is 24.8 Å². The second-order valence-corrected chi connectivity index (χ2v) is 5.28. The summed E-state index contributed by atoms with van der Waals surface area (Å²) in [5, 5.41) is 9.53. The molecule has 0 atom stereocenters. The van der Waals surface area contributed by atoms with Gasteiger partial charge < -0.3 is 9.67 Å². The number of rotatable bonds is 9. The maximum absolute atomic E-state index is 11.6. The smallest absolute Gasteiger partial charge is 0.223 e. The molecule has 4 heteroatoms. The van der Waals surface area contributed by atoms with Crippen LogP contribution >= 0.6 is 0 Å². The zero-order valence-corrected chi connectivity index (χ0v) is 13.1. The Morgan fingerprint density at radius 3 is 2.25 bits per heavy atom. The van der Waals surface area contributed by atoms with Gasteiger partial charge in [-0.15, -0.1) is 0 Å². The number of hydrogen-bond donors (Lipinski definition) is 1. The second kappa shape index (κ2) is 8.80. The monoisotopic (exact) mass is 280 g/mol. The van der Waals surface area contributed by atoms with E-state index in [0.29, 0.717) is 0 Å². The van der Waals surface area contributed by atoms with Crippen LogP contribution in [0.15, 0.2) is 17.1 Å². The van der Waals surface area contributed by atoms with Gasteiger partial charge in [-0.3, -0.25) is 9.69 Å². The van der Waals surface area contributed by atoms with Gasteiger partial charge in [-0.05, 0) is 32.9 Å². The molecule has 0 fully saturated rings. The lowest BCUT2D eigenvalue weighted by Crippen LogP contribution is -2.28. The van der Waals surface area contributed by atoms with Crippen LogP contribution < -0.4 is 5.43 Å². The van der Waals surface area contributed by atoms with E-state index in [0.717, 1.165) is 31.9 Å². The number of aromatic hydroxyl groups is 1. The van der Waals surface area contributed by atoms with Gasteiger partial charge in [0.15, 0.2) is 5.75 Å². The molecule has 0 aliphatic carbocycles. The second-order valence-electron chi connectivity index (χ2n) is 5.28. The third-order valence-electron chi connectivity index (χ3n) is 3.58. The van der Waals surface area contributed by atoms with Crippen LogP contribution in [0, 0.1) is 0 Å². The summed E-state index contributed by atoms with van der Waals surface area (Å²) in [5.41, 5.74) is 0.707. The van der Waals surface area contributed by atoms with Crippen LogP contribution in [0.1, 0.15) is 52.1 Å². The molecule has 0 aliphatic heterocycles. The predicted octanol–water partition coefficient (Wildman–Crippen LogP) is 2.98. The molecule has 0 radical (unpaired) electrons. The number of aromatic nitrogens is 1. The fourth-order valence-electron chi connectivity index (χ4n) is 2.30. The maximum atomic E-state index is 11.6. The lowest BCUT2D eigenvalue weighted by atomic mass is 10.2. The molecule has 0 aromatic carbocycles. The lowest BCUT2D eigenvalue weighted by molar-refractivity contribution is 0.250. The summed E-state index contributed by atoms with van der Waals surface area (Å²) in [6, 6.07) is 1.57. The third kappa shape index (κ3) is 5.00. The van der Waals surface area contributed by atoms with E-state index in [1.807, 2.05) is 11.5 Å². The topological polar surface area (TPSA) is 45.5 Å². The average molecular weight is 280 g/mol. The van der Waals surface area contributed by atoms with Crippen molar-refractivity contribution in [1.29, 1.82) is 0 Å². The number of pyridine rings is 1. The Morgan fingerprint density at radius 2 is 1.75 bits per heavy atom. The first-order valence-electron chi connectivity index (χ1n) is 7.77. The first-order valence-corrected chi connectivity index (χ1v) is 7.77. The summed E-state index contributed by atoms with van der Waals surface area (Å²) in [7, 11) is 0. The van der Waals surface area contributed by atoms with E-state index in [4.69, 9.17) is 0 Å². The van der Waals surface area contributed by atoms with Crippen molar-refractivity contribution >= 4 is 0 Å². The van der Waals surface area contributed by atoms with Gasteiger partial charge >= 0.3 is 0 Å². The molecule has 0 spiro atoms. The van der Waals surface area contributed by atoms with Crippen molar-refractivity contribution < 1.29 is 5.11 Å². The minimum Gasteiger partial charge on any atom is -0.503 e. The molecule has 0 saturated carbocycles. The zero-order chi connectivity index (χ0) is 15.0. The highest BCUT2D eigenvalue weighted by Crippen LogP contribution is 2.10. The number of hydrogen-bond acceptors (Lipinski definition) is 3. The minimum absolute atomic E-state index is 0.163. The molecule has 4 nitrogen and oxygen atoms in total. The Morgan fingerprint density at radius 1 is 1.15 bits per heavy atom. The maximum Gasteiger partial charge on any atom is 0.223 e. The van der Waals surface area contributed by atoms with Gasteiger partial charge in [0.1, 0.15) is 0 Å². The average Bonchev–Trinajstić information content (AvgIpc) is 2.45. The Balaban J connectivity index is 2.85. The van der Waals surface area contributed by atoms with Gasteiger partial charge in [-0.25, -0.2) is 0 Å². The van der Waals surface area contributed by atoms with Crippen LogP contribution in [-0.4, -0.2) is 27.7 Å². The van der Waals surface area contributed by atoms with Gasteiger partial charge in [0.25, 0.3) is 0 Å². The Labute approximate surface area is 122 Å². The van der Waals surface area contributed by atoms with Crippen LogP contribution in [0.2, 0.25) is 0 Å². The molecule has 0 unspecified atom stereocenters. The third-order valence-corrected chi connectivity index (χ3v) is 3.58. The van der Waals surface area contributed by atoms with Crippen molar-refractivity contribution in [3.8, 4) is 5.75 Å². The molecule has 0 amide bonds. The predicted molar refractivity (Wildman–Crippen MR) is 83.1 cm³/mol. The Hall–Kier alpha value is -1.29. The van der Waals surface area contributed by atoms with E-state index in [1.165, 1.54) is 25.7 Å². The molecule has 1 aromatic heterocycles. The van der Waals surface area contributed by atoms with Crippen molar-refractivity contribution in [1.82, 2.24) is 9.47 Å². The molecule has 1 rings (SSSR count). The summed E-state index contributed by atoms with van der Waals surface area (Å²) in [6.07, 6.45) is 6.27. The molecule has 114 valence electrons. The van der Waals surface area contributed by atoms with Crippen molar-refractivity contribution in [2.24, 2.45) is 0 Å². The van der Waals surface area contributed by atoms with Crippen molar-refractivity contribution in [3.63, 3.8) is 0 Å². The number of aryl methyl sites for hydroxylation is 1. The first-order chi connectivity index (χ1) is 9.62. The highest BCUT2D eigenvalue weighted by Gasteiger charge is 2.10. The van der Waals surface area contributed by atoms with Crippen LogP contribution in [0.4, 0.5) is 0 Å². The Kier molecular flexibility index (Phi) is 7.37. The van der Waals surface area contributed by atoms with Crippen molar-refractivity contribution in [3.05, 3.63) is 28.2 Å². The molecule has 1 N–H and O–H groups in total. The molecule has 0 saturated heterocycles. The minimum atomic E-state index is -0.282. The first kappa shape index (κ1) is 16.8. The highest BCUT2D eigenvalue weighted by molar-refractivity contribution is 5.20. The highest BCUT2D eigenvalue weighted by atomic mass is 16.3. The van der Waals surface area contributed by atoms with E-state index in [1.54, 1.807) is 12.3 Å². The molecule has 1 aromatic rings. The standard InChI is InChI=1S/C16H28N2O2/c1-4-7-9-17(10-8-5-2)12-14-11-15(19)16(20)13-18(14)6-3/h11,13,20H,4-10,12H2,1-3H3. The van der Waals surface area contributed by atoms with Gasteiger partial charge in [-0.2, -0.15) is 0 Å². The molecule has 1 heterocycles. The fraction of sp³-hybridized carbons (Fsp3) is 0.688. The van der Waals surface area contributed by atoms with E-state index in [-0.39, 0.29) is 11.2 Å². The summed E-state index contributed by atoms with van der Waals surface area (Å²) >= 11 is 0. The molecular weight excluding hydrogens is 252 g/mol. The quantitative estimate of drug-likeness (QED) is 0.756. The summed E-state index contributed by atoms with van der Waals surface area (Å²) in [4.78, 5) is 14.0. The fourth-order valence-corrected chi connectivity index (χ4v) is 2.30. The van der Waals surface area contributed by atoms with Crippen molar-refractivity contribution in [2.75, 3.05) is 13.1 Å². The molecule has 0 bridgehead atoms. The summed E-state index contributed by atoms with van der Waals surface area (Å²) in [6.45, 7) is 10.1. The summed E-state index contributed by atoms with van der Waals surface area (Å²) < 4.78 is 1.96. The summed E-state index contributed by atoms with van der Waals surface area (Å²) in [5.74, 6) is -0.163. The van der Waals surface area contributed by atoms with Crippen LogP contribution in [-0.2, 0) is 13.1 Å². The van der Waals surface area contributed by atoms with E-state index >= 15 is 0 Å². The zero-order valence-electron chi connectivity index (χ0n) is 13.1. The molecule has 0 aliphatic rings. The van der Waals surface area contributed by atoms with Crippen LogP contribution in [0.3, 0.4) is 0 Å². The van der Waals surface area contributed by atoms with Crippen molar-refractivity contribution in [2.45, 2.75) is 59.5 Å². The largest absolute Gasteiger partial charge is 0.503 e. The van der Waals surface area contributed by atoms with Crippen LogP contribution in [0.5, 0.6) is 5.75 Å². The number of nitrogens with zero attached hydrogens (tertiary/aromatic N) is 2.